The minimum Gasteiger partial charge on any atom is -0.289 e. The molecule has 0 amide bonds. The molecule has 152 valence electrons. The number of hydrogen-bond donors (Lipinski definition) is 0. The van der Waals surface area contributed by atoms with Crippen LogP contribution >= 0.6 is 11.3 Å². The van der Waals surface area contributed by atoms with E-state index in [0.717, 1.165) is 5.69 Å². The molecule has 0 spiro atoms. The van der Waals surface area contributed by atoms with Gasteiger partial charge in [0.2, 0.25) is 0 Å². The van der Waals surface area contributed by atoms with Gasteiger partial charge >= 0.3 is 0 Å². The van der Waals surface area contributed by atoms with Crippen LogP contribution in [-0.2, 0) is 5.41 Å². The molecule has 3 heterocycles. The summed E-state index contributed by atoms with van der Waals surface area (Å²) < 4.78 is 3.49. The van der Waals surface area contributed by atoms with E-state index < -0.39 is 8.07 Å². The molecule has 5 rings (SSSR count). The van der Waals surface area contributed by atoms with Crippen molar-refractivity contribution in [2.24, 2.45) is 0 Å². The molecule has 0 bridgehead atoms. The summed E-state index contributed by atoms with van der Waals surface area (Å²) in [6.07, 6.45) is 3.93. The van der Waals surface area contributed by atoms with Gasteiger partial charge in [-0.3, -0.25) is 9.38 Å². The van der Waals surface area contributed by atoms with E-state index in [2.05, 4.69) is 87.3 Å². The fraction of sp³-hybridized carbons (Fsp3) is 0.280. The molecule has 0 aliphatic carbocycles. The average molecular weight is 430 g/mol. The second-order valence-electron chi connectivity index (χ2n) is 10.1. The SMILES string of the molecule is CC(C)(C)c1cc(-c2nccc3c2sc2c([Si](C)(C)C)ncn23)cc2ccccc12. The maximum atomic E-state index is 4.86. The Balaban J connectivity index is 1.83. The smallest absolute Gasteiger partial charge is 0.119 e. The number of thiazole rings is 1. The van der Waals surface area contributed by atoms with Crippen molar-refractivity contribution in [3.8, 4) is 11.3 Å². The Kier molecular flexibility index (Phi) is 4.21. The van der Waals surface area contributed by atoms with Crippen molar-refractivity contribution >= 4 is 50.5 Å². The van der Waals surface area contributed by atoms with E-state index in [-0.39, 0.29) is 5.41 Å². The van der Waals surface area contributed by atoms with Gasteiger partial charge in [-0.1, -0.05) is 64.7 Å². The molecule has 0 aliphatic rings. The predicted octanol–water partition coefficient (Wildman–Crippen LogP) is 6.61. The summed E-state index contributed by atoms with van der Waals surface area (Å²) in [6, 6.07) is 15.4. The van der Waals surface area contributed by atoms with E-state index in [1.165, 1.54) is 42.3 Å². The number of hydrogen-bond acceptors (Lipinski definition) is 3. The van der Waals surface area contributed by atoms with Crippen LogP contribution in [0.15, 0.2) is 55.0 Å². The van der Waals surface area contributed by atoms with Crippen molar-refractivity contribution in [3.05, 3.63) is 60.6 Å². The molecule has 5 aromatic rings. The standard InChI is InChI=1S/C25H27N3SSi/c1-25(2,3)19-14-17(13-16-9-7-8-10-18(16)19)21-22-20(11-12-26-21)28-15-27-23(24(28)29-22)30(4,5)6/h7-15H,1-6H3. The Morgan fingerprint density at radius 3 is 2.47 bits per heavy atom. The number of pyridine rings is 1. The molecular formula is C25H27N3SSi. The first-order valence-electron chi connectivity index (χ1n) is 10.4. The molecule has 5 heteroatoms. The quantitative estimate of drug-likeness (QED) is 0.296. The van der Waals surface area contributed by atoms with Gasteiger partial charge in [-0.2, -0.15) is 0 Å². The number of aromatic nitrogens is 3. The van der Waals surface area contributed by atoms with Crippen LogP contribution in [0.2, 0.25) is 19.6 Å². The van der Waals surface area contributed by atoms with Crippen molar-refractivity contribution < 1.29 is 0 Å². The second kappa shape index (κ2) is 6.50. The Bertz CT molecular complexity index is 1410. The molecular weight excluding hydrogens is 402 g/mol. The Labute approximate surface area is 182 Å². The lowest BCUT2D eigenvalue weighted by molar-refractivity contribution is 0.596. The lowest BCUT2D eigenvalue weighted by Crippen LogP contribution is -2.38. The largest absolute Gasteiger partial charge is 0.289 e. The number of rotatable bonds is 2. The van der Waals surface area contributed by atoms with Gasteiger partial charge in [0.1, 0.15) is 19.2 Å². The third-order valence-corrected chi connectivity index (χ3v) is 8.88. The van der Waals surface area contributed by atoms with Crippen LogP contribution in [0.25, 0.3) is 37.1 Å². The first kappa shape index (κ1) is 19.5. The molecule has 0 radical (unpaired) electrons. The van der Waals surface area contributed by atoms with Crippen LogP contribution < -0.4 is 5.32 Å². The molecule has 2 aromatic carbocycles. The molecule has 30 heavy (non-hydrogen) atoms. The van der Waals surface area contributed by atoms with E-state index in [9.17, 15) is 0 Å². The number of imidazole rings is 1. The maximum Gasteiger partial charge on any atom is 0.119 e. The zero-order valence-corrected chi connectivity index (χ0v) is 20.3. The van der Waals surface area contributed by atoms with Gasteiger partial charge in [-0.15, -0.1) is 11.3 Å². The fourth-order valence-corrected chi connectivity index (χ4v) is 7.62. The Morgan fingerprint density at radius 1 is 0.967 bits per heavy atom. The molecule has 0 unspecified atom stereocenters. The normalized spacial score (nSPS) is 13.0. The molecule has 0 fully saturated rings. The summed E-state index contributed by atoms with van der Waals surface area (Å²) in [5.74, 6) is 0. The van der Waals surface area contributed by atoms with Crippen molar-refractivity contribution in [2.75, 3.05) is 0 Å². The lowest BCUT2D eigenvalue weighted by atomic mass is 9.82. The van der Waals surface area contributed by atoms with E-state index in [0.29, 0.717) is 0 Å². The summed E-state index contributed by atoms with van der Waals surface area (Å²) in [6.45, 7) is 13.9. The highest BCUT2D eigenvalue weighted by Crippen LogP contribution is 2.38. The second-order valence-corrected chi connectivity index (χ2v) is 16.1. The van der Waals surface area contributed by atoms with E-state index in [1.54, 1.807) is 0 Å². The first-order valence-corrected chi connectivity index (χ1v) is 14.7. The highest BCUT2D eigenvalue weighted by molar-refractivity contribution is 7.26. The van der Waals surface area contributed by atoms with Gasteiger partial charge in [0.15, 0.2) is 0 Å². The van der Waals surface area contributed by atoms with Gasteiger partial charge < -0.3 is 0 Å². The fourth-order valence-electron chi connectivity index (χ4n) is 4.22. The van der Waals surface area contributed by atoms with Crippen LogP contribution in [0.4, 0.5) is 0 Å². The third kappa shape index (κ3) is 2.99. The summed E-state index contributed by atoms with van der Waals surface area (Å²) >= 11 is 1.83. The summed E-state index contributed by atoms with van der Waals surface area (Å²) in [5.41, 5.74) is 4.88. The van der Waals surface area contributed by atoms with E-state index in [4.69, 9.17) is 9.97 Å². The third-order valence-electron chi connectivity index (χ3n) is 5.72. The maximum absolute atomic E-state index is 4.86. The minimum atomic E-state index is -1.52. The van der Waals surface area contributed by atoms with E-state index in [1.807, 2.05) is 23.9 Å². The van der Waals surface area contributed by atoms with Crippen molar-refractivity contribution in [3.63, 3.8) is 0 Å². The van der Waals surface area contributed by atoms with Gasteiger partial charge in [0, 0.05) is 11.8 Å². The highest BCUT2D eigenvalue weighted by Gasteiger charge is 2.25. The average Bonchev–Trinajstić information content (AvgIpc) is 3.25. The number of fused-ring (bicyclic) bond motifs is 4. The van der Waals surface area contributed by atoms with Crippen molar-refractivity contribution in [1.29, 1.82) is 0 Å². The lowest BCUT2D eigenvalue weighted by Gasteiger charge is -2.22. The van der Waals surface area contributed by atoms with Crippen LogP contribution in [0.5, 0.6) is 0 Å². The Morgan fingerprint density at radius 2 is 1.73 bits per heavy atom. The topological polar surface area (TPSA) is 30.2 Å². The molecule has 0 saturated carbocycles. The highest BCUT2D eigenvalue weighted by atomic mass is 32.1. The van der Waals surface area contributed by atoms with Gasteiger partial charge in [-0.05, 0) is 39.9 Å². The molecule has 0 aliphatic heterocycles. The van der Waals surface area contributed by atoms with Gasteiger partial charge in [0.25, 0.3) is 0 Å². The predicted molar refractivity (Wildman–Crippen MR) is 133 cm³/mol. The molecule has 0 N–H and O–H groups in total. The molecule has 3 nitrogen and oxygen atoms in total. The van der Waals surface area contributed by atoms with Crippen LogP contribution in [0.3, 0.4) is 0 Å². The summed E-state index contributed by atoms with van der Waals surface area (Å²) in [5, 5.41) is 3.88. The Hall–Kier alpha value is -2.50. The van der Waals surface area contributed by atoms with E-state index >= 15 is 0 Å². The van der Waals surface area contributed by atoms with Crippen LogP contribution in [0.1, 0.15) is 26.3 Å². The molecule has 3 aromatic heterocycles. The van der Waals surface area contributed by atoms with Gasteiger partial charge in [0.05, 0.1) is 21.2 Å². The zero-order chi connectivity index (χ0) is 21.3. The summed E-state index contributed by atoms with van der Waals surface area (Å²) in [7, 11) is -1.52. The minimum absolute atomic E-state index is 0.0565. The van der Waals surface area contributed by atoms with Crippen molar-refractivity contribution in [2.45, 2.75) is 45.8 Å². The first-order chi connectivity index (χ1) is 14.1. The molecule has 0 atom stereocenters. The van der Waals surface area contributed by atoms with Gasteiger partial charge in [-0.25, -0.2) is 4.98 Å². The number of benzene rings is 2. The van der Waals surface area contributed by atoms with Crippen LogP contribution in [-0.4, -0.2) is 22.4 Å². The monoisotopic (exact) mass is 429 g/mol. The number of nitrogens with zero attached hydrogens (tertiary/aromatic N) is 3. The molecule has 0 saturated heterocycles. The van der Waals surface area contributed by atoms with Crippen LogP contribution in [0, 0.1) is 0 Å². The summed E-state index contributed by atoms with van der Waals surface area (Å²) in [4.78, 5) is 10.9. The van der Waals surface area contributed by atoms with Crippen molar-refractivity contribution in [1.82, 2.24) is 14.4 Å². The zero-order valence-electron chi connectivity index (χ0n) is 18.4.